The van der Waals surface area contributed by atoms with Crippen LogP contribution in [0.3, 0.4) is 0 Å². The van der Waals surface area contributed by atoms with E-state index in [1.54, 1.807) is 18.2 Å². The molecule has 1 N–H and O–H groups in total. The van der Waals surface area contributed by atoms with E-state index in [9.17, 15) is 18.4 Å². The van der Waals surface area contributed by atoms with Crippen molar-refractivity contribution in [1.29, 1.82) is 0 Å². The minimum absolute atomic E-state index is 0.0228. The first kappa shape index (κ1) is 25.3. The Labute approximate surface area is 211 Å². The first-order valence-corrected chi connectivity index (χ1v) is 13.1. The Morgan fingerprint density at radius 1 is 1.17 bits per heavy atom. The van der Waals surface area contributed by atoms with Gasteiger partial charge in [0.15, 0.2) is 0 Å². The second kappa shape index (κ2) is 9.85. The molecule has 0 unspecified atom stereocenters. The Balaban J connectivity index is 1.18. The van der Waals surface area contributed by atoms with Crippen molar-refractivity contribution in [3.63, 3.8) is 0 Å². The van der Waals surface area contributed by atoms with Gasteiger partial charge in [0, 0.05) is 63.4 Å². The quantitative estimate of drug-likeness (QED) is 0.663. The zero-order chi connectivity index (χ0) is 25.5. The highest BCUT2D eigenvalue weighted by atomic mass is 19.3. The molecule has 8 nitrogen and oxygen atoms in total. The van der Waals surface area contributed by atoms with Crippen LogP contribution in [0.2, 0.25) is 0 Å². The topological polar surface area (TPSA) is 78.0 Å². The molecule has 4 fully saturated rings. The van der Waals surface area contributed by atoms with E-state index < -0.39 is 17.5 Å². The van der Waals surface area contributed by atoms with Gasteiger partial charge in [-0.3, -0.25) is 19.4 Å². The van der Waals surface area contributed by atoms with Crippen LogP contribution in [0.15, 0.2) is 18.3 Å². The van der Waals surface area contributed by atoms with E-state index in [1.165, 1.54) is 0 Å². The molecule has 2 atom stereocenters. The molecule has 198 valence electrons. The van der Waals surface area contributed by atoms with Crippen molar-refractivity contribution in [3.8, 4) is 5.88 Å². The summed E-state index contributed by atoms with van der Waals surface area (Å²) in [5.41, 5.74) is 0.623. The highest BCUT2D eigenvalue weighted by Gasteiger charge is 2.50. The molecule has 1 saturated carbocycles. The number of alkyl halides is 2. The van der Waals surface area contributed by atoms with Gasteiger partial charge >= 0.3 is 0 Å². The molecule has 5 rings (SSSR count). The van der Waals surface area contributed by atoms with Crippen molar-refractivity contribution in [2.75, 3.05) is 33.8 Å². The molecule has 0 aromatic carbocycles. The lowest BCUT2D eigenvalue weighted by Gasteiger charge is -2.41. The minimum Gasteiger partial charge on any atom is -0.481 e. The average molecular weight is 506 g/mol. The fourth-order valence-corrected chi connectivity index (χ4v) is 6.50. The summed E-state index contributed by atoms with van der Waals surface area (Å²) in [6.45, 7) is 2.85. The number of likely N-dealkylation sites (N-methyl/N-ethyl adjacent to an activating group) is 1. The number of amides is 2. The number of likely N-dealkylation sites (tertiary alicyclic amines) is 1. The van der Waals surface area contributed by atoms with Gasteiger partial charge in [0.2, 0.25) is 23.6 Å². The van der Waals surface area contributed by atoms with Crippen LogP contribution in [0.4, 0.5) is 8.78 Å². The molecule has 3 aliphatic heterocycles. The standard InChI is InChI=1S/C26H37F2N5O3/c1-31(19-3-6-26(27,28)7-4-19)20-14-21-24(35)30-25(15-23(34)33(21)17-20)8-11-32(12-9-25)16-18-5-10-29-22(13-18)36-2/h5,10,13,19-21H,3-4,6-9,11-12,14-17H2,1-2H3,(H,30,35)/t20-,21-/m0/s1. The van der Waals surface area contributed by atoms with Crippen molar-refractivity contribution in [2.24, 2.45) is 0 Å². The maximum absolute atomic E-state index is 13.6. The lowest BCUT2D eigenvalue weighted by atomic mass is 9.83. The molecular formula is C26H37F2N5O3. The van der Waals surface area contributed by atoms with E-state index in [2.05, 4.69) is 20.1 Å². The molecule has 4 heterocycles. The first-order valence-electron chi connectivity index (χ1n) is 13.1. The number of hydrogen-bond acceptors (Lipinski definition) is 6. The Morgan fingerprint density at radius 2 is 1.89 bits per heavy atom. The number of nitrogens with zero attached hydrogens (tertiary/aromatic N) is 4. The Hall–Kier alpha value is -2.33. The summed E-state index contributed by atoms with van der Waals surface area (Å²) in [6.07, 6.45) is 4.81. The van der Waals surface area contributed by atoms with E-state index in [-0.39, 0.29) is 36.7 Å². The van der Waals surface area contributed by atoms with Gasteiger partial charge in [0.25, 0.3) is 0 Å². The zero-order valence-corrected chi connectivity index (χ0v) is 21.2. The maximum Gasteiger partial charge on any atom is 0.248 e. The highest BCUT2D eigenvalue weighted by molar-refractivity contribution is 5.92. The molecule has 3 saturated heterocycles. The normalized spacial score (nSPS) is 28.8. The molecule has 1 aromatic heterocycles. The van der Waals surface area contributed by atoms with Gasteiger partial charge in [-0.15, -0.1) is 0 Å². The molecule has 0 radical (unpaired) electrons. The number of nitrogens with one attached hydrogen (secondary N) is 1. The fraction of sp³-hybridized carbons (Fsp3) is 0.731. The van der Waals surface area contributed by atoms with Crippen LogP contribution in [-0.2, 0) is 16.1 Å². The number of ether oxygens (including phenoxy) is 1. The van der Waals surface area contributed by atoms with Crippen molar-refractivity contribution in [2.45, 2.75) is 87.5 Å². The lowest BCUT2D eigenvalue weighted by molar-refractivity contribution is -0.135. The van der Waals surface area contributed by atoms with E-state index in [0.29, 0.717) is 38.1 Å². The van der Waals surface area contributed by atoms with Crippen molar-refractivity contribution in [3.05, 3.63) is 23.9 Å². The third-order valence-corrected chi connectivity index (χ3v) is 8.85. The van der Waals surface area contributed by atoms with Crippen LogP contribution < -0.4 is 10.1 Å². The number of fused-ring (bicyclic) bond motifs is 1. The zero-order valence-electron chi connectivity index (χ0n) is 21.2. The summed E-state index contributed by atoms with van der Waals surface area (Å²) in [7, 11) is 3.56. The third kappa shape index (κ3) is 5.20. The lowest BCUT2D eigenvalue weighted by Crippen LogP contribution is -2.56. The van der Waals surface area contributed by atoms with Crippen molar-refractivity contribution >= 4 is 11.8 Å². The van der Waals surface area contributed by atoms with Gasteiger partial charge in [-0.2, -0.15) is 0 Å². The summed E-state index contributed by atoms with van der Waals surface area (Å²) in [5.74, 6) is -2.02. The molecule has 0 bridgehead atoms. The first-order chi connectivity index (χ1) is 17.2. The predicted octanol–water partition coefficient (Wildman–Crippen LogP) is 2.42. The summed E-state index contributed by atoms with van der Waals surface area (Å²) >= 11 is 0. The number of carbonyl (C=O) groups excluding carboxylic acids is 2. The summed E-state index contributed by atoms with van der Waals surface area (Å²) in [4.78, 5) is 37.1. The second-order valence-electron chi connectivity index (χ2n) is 11.1. The monoisotopic (exact) mass is 505 g/mol. The van der Waals surface area contributed by atoms with E-state index in [0.717, 1.165) is 38.0 Å². The number of pyridine rings is 1. The van der Waals surface area contributed by atoms with E-state index in [4.69, 9.17) is 4.74 Å². The van der Waals surface area contributed by atoms with Crippen LogP contribution in [0.25, 0.3) is 0 Å². The molecule has 2 amide bonds. The van der Waals surface area contributed by atoms with Crippen LogP contribution in [0.1, 0.15) is 56.9 Å². The Morgan fingerprint density at radius 3 is 2.58 bits per heavy atom. The molecule has 1 spiro atoms. The maximum atomic E-state index is 13.6. The van der Waals surface area contributed by atoms with Gasteiger partial charge in [-0.25, -0.2) is 13.8 Å². The van der Waals surface area contributed by atoms with Crippen LogP contribution in [0, 0.1) is 0 Å². The smallest absolute Gasteiger partial charge is 0.248 e. The fourth-order valence-electron chi connectivity index (χ4n) is 6.50. The molecule has 36 heavy (non-hydrogen) atoms. The van der Waals surface area contributed by atoms with Crippen LogP contribution in [0.5, 0.6) is 5.88 Å². The van der Waals surface area contributed by atoms with Gasteiger partial charge in [-0.1, -0.05) is 0 Å². The van der Waals surface area contributed by atoms with Gasteiger partial charge in [0.05, 0.1) is 19.1 Å². The van der Waals surface area contributed by atoms with Crippen LogP contribution >= 0.6 is 0 Å². The number of halogens is 2. The summed E-state index contributed by atoms with van der Waals surface area (Å²) in [6, 6.07) is 3.53. The van der Waals surface area contributed by atoms with Crippen molar-refractivity contribution in [1.82, 2.24) is 25.0 Å². The molecular weight excluding hydrogens is 468 g/mol. The third-order valence-electron chi connectivity index (χ3n) is 8.85. The number of hydrogen-bond donors (Lipinski definition) is 1. The minimum atomic E-state index is -2.56. The summed E-state index contributed by atoms with van der Waals surface area (Å²) in [5, 5.41) is 3.27. The van der Waals surface area contributed by atoms with Gasteiger partial charge < -0.3 is 15.0 Å². The highest BCUT2D eigenvalue weighted by Crippen LogP contribution is 2.38. The summed E-state index contributed by atoms with van der Waals surface area (Å²) < 4.78 is 32.4. The van der Waals surface area contributed by atoms with Gasteiger partial charge in [-0.05, 0) is 50.8 Å². The second-order valence-corrected chi connectivity index (χ2v) is 11.1. The average Bonchev–Trinajstić information content (AvgIpc) is 3.28. The number of carbonyl (C=O) groups is 2. The number of rotatable bonds is 5. The number of piperidine rings is 1. The van der Waals surface area contributed by atoms with Crippen LogP contribution in [-0.4, -0.2) is 94.9 Å². The molecule has 1 aromatic rings. The van der Waals surface area contributed by atoms with E-state index in [1.807, 2.05) is 19.2 Å². The van der Waals surface area contributed by atoms with Gasteiger partial charge in [0.1, 0.15) is 6.04 Å². The largest absolute Gasteiger partial charge is 0.481 e. The Bertz CT molecular complexity index is 946. The SMILES string of the molecule is COc1cc(CN2CCC3(CC2)CC(=O)N2C[C@@H](N(C)C4CCC(F)(F)CC4)C[C@H]2C(=O)N3)ccn1. The molecule has 1 aliphatic carbocycles. The van der Waals surface area contributed by atoms with Crippen molar-refractivity contribution < 1.29 is 23.1 Å². The molecule has 10 heteroatoms. The molecule has 4 aliphatic rings. The van der Waals surface area contributed by atoms with E-state index >= 15 is 0 Å². The predicted molar refractivity (Wildman–Crippen MR) is 130 cm³/mol. The number of aromatic nitrogens is 1. The Kier molecular flexibility index (Phi) is 6.93. The number of methoxy groups -OCH3 is 1.